The van der Waals surface area contributed by atoms with Crippen LogP contribution in [0.5, 0.6) is 0 Å². The fraction of sp³-hybridized carbons (Fsp3) is 0.0588. The van der Waals surface area contributed by atoms with E-state index < -0.39 is 5.91 Å². The number of amides is 1. The zero-order valence-corrected chi connectivity index (χ0v) is 12.6. The number of rotatable bonds is 5. The summed E-state index contributed by atoms with van der Waals surface area (Å²) >= 11 is 0. The highest BCUT2D eigenvalue weighted by atomic mass is 19.1. The van der Waals surface area contributed by atoms with Crippen molar-refractivity contribution in [1.82, 2.24) is 15.0 Å². The van der Waals surface area contributed by atoms with E-state index in [9.17, 15) is 9.18 Å². The number of carbonyl (C=O) groups excluding carboxylic acids is 1. The Balaban J connectivity index is 1.65. The maximum Gasteiger partial charge on any atom is 0.274 e. The molecule has 0 atom stereocenters. The van der Waals surface area contributed by atoms with Crippen LogP contribution in [0.25, 0.3) is 0 Å². The fourth-order valence-electron chi connectivity index (χ4n) is 2.00. The maximum atomic E-state index is 12.9. The van der Waals surface area contributed by atoms with Crippen molar-refractivity contribution < 1.29 is 9.18 Å². The predicted molar refractivity (Wildman–Crippen MR) is 87.9 cm³/mol. The number of anilines is 2. The molecule has 2 N–H and O–H groups in total. The number of nitrogens with zero attached hydrogens (tertiary/aromatic N) is 3. The van der Waals surface area contributed by atoms with Crippen molar-refractivity contribution >= 4 is 17.4 Å². The van der Waals surface area contributed by atoms with Gasteiger partial charge in [0.05, 0.1) is 0 Å². The number of hydrogen-bond donors (Lipinski definition) is 2. The largest absolute Gasteiger partial charge is 0.366 e. The first kappa shape index (κ1) is 15.5. The minimum atomic E-state index is -0.395. The zero-order chi connectivity index (χ0) is 16.8. The van der Waals surface area contributed by atoms with Gasteiger partial charge in [-0.25, -0.2) is 14.4 Å². The number of pyridine rings is 1. The predicted octanol–water partition coefficient (Wildman–Crippen LogP) is 2.88. The summed E-state index contributed by atoms with van der Waals surface area (Å²) in [6.07, 6.45) is 4.76. The lowest BCUT2D eigenvalue weighted by atomic mass is 10.2. The zero-order valence-electron chi connectivity index (χ0n) is 12.6. The summed E-state index contributed by atoms with van der Waals surface area (Å²) in [6.45, 7) is 0.532. The highest BCUT2D eigenvalue weighted by molar-refractivity contribution is 6.03. The Morgan fingerprint density at radius 1 is 1.12 bits per heavy atom. The summed E-state index contributed by atoms with van der Waals surface area (Å²) in [5.41, 5.74) is 1.70. The van der Waals surface area contributed by atoms with Gasteiger partial charge in [-0.3, -0.25) is 9.78 Å². The summed E-state index contributed by atoms with van der Waals surface area (Å²) in [6, 6.07) is 10.8. The molecule has 0 unspecified atom stereocenters. The minimum absolute atomic E-state index is 0.211. The van der Waals surface area contributed by atoms with Gasteiger partial charge in [0.15, 0.2) is 0 Å². The van der Waals surface area contributed by atoms with E-state index >= 15 is 0 Å². The molecule has 7 heteroatoms. The summed E-state index contributed by atoms with van der Waals surface area (Å²) in [4.78, 5) is 24.3. The van der Waals surface area contributed by atoms with E-state index in [4.69, 9.17) is 0 Å². The van der Waals surface area contributed by atoms with Crippen molar-refractivity contribution in [2.24, 2.45) is 0 Å². The molecule has 2 aromatic heterocycles. The Labute approximate surface area is 137 Å². The molecular formula is C17H14FN5O. The molecule has 2 heterocycles. The molecule has 0 saturated carbocycles. The molecular weight excluding hydrogens is 309 g/mol. The van der Waals surface area contributed by atoms with Gasteiger partial charge in [0.1, 0.15) is 23.7 Å². The Morgan fingerprint density at radius 2 is 1.96 bits per heavy atom. The van der Waals surface area contributed by atoms with Crippen LogP contribution < -0.4 is 10.6 Å². The first-order valence-electron chi connectivity index (χ1n) is 7.22. The normalized spacial score (nSPS) is 10.2. The lowest BCUT2D eigenvalue weighted by Gasteiger charge is -2.07. The van der Waals surface area contributed by atoms with Gasteiger partial charge in [-0.2, -0.15) is 0 Å². The Morgan fingerprint density at radius 3 is 2.71 bits per heavy atom. The van der Waals surface area contributed by atoms with Gasteiger partial charge in [-0.1, -0.05) is 6.07 Å². The van der Waals surface area contributed by atoms with E-state index in [0.29, 0.717) is 18.1 Å². The first-order valence-corrected chi connectivity index (χ1v) is 7.22. The molecule has 3 aromatic rings. The average Bonchev–Trinajstić information content (AvgIpc) is 2.63. The maximum absolute atomic E-state index is 12.9. The first-order chi connectivity index (χ1) is 11.7. The van der Waals surface area contributed by atoms with Crippen LogP contribution in [0.2, 0.25) is 0 Å². The van der Waals surface area contributed by atoms with Crippen molar-refractivity contribution in [3.05, 3.63) is 78.3 Å². The molecule has 1 amide bonds. The summed E-state index contributed by atoms with van der Waals surface area (Å²) in [7, 11) is 0. The van der Waals surface area contributed by atoms with Gasteiger partial charge < -0.3 is 10.6 Å². The molecule has 0 aliphatic heterocycles. The van der Waals surface area contributed by atoms with Gasteiger partial charge in [-0.05, 0) is 35.9 Å². The summed E-state index contributed by atoms with van der Waals surface area (Å²) in [5, 5.41) is 5.76. The van der Waals surface area contributed by atoms with Gasteiger partial charge in [0.2, 0.25) is 0 Å². The molecule has 6 nitrogen and oxygen atoms in total. The summed E-state index contributed by atoms with van der Waals surface area (Å²) in [5.74, 6) is -0.233. The second kappa shape index (κ2) is 7.28. The van der Waals surface area contributed by atoms with Gasteiger partial charge in [0, 0.05) is 30.7 Å². The Hall–Kier alpha value is -3.35. The molecule has 24 heavy (non-hydrogen) atoms. The van der Waals surface area contributed by atoms with Crippen LogP contribution in [0.1, 0.15) is 16.1 Å². The molecule has 1 aromatic carbocycles. The van der Waals surface area contributed by atoms with Crippen molar-refractivity contribution in [3.63, 3.8) is 0 Å². The second-order valence-corrected chi connectivity index (χ2v) is 4.96. The minimum Gasteiger partial charge on any atom is -0.366 e. The SMILES string of the molecule is O=C(Nc1ccc(F)cc1)c1cc(NCc2cccnc2)ncn1. The fourth-order valence-corrected chi connectivity index (χ4v) is 2.00. The summed E-state index contributed by atoms with van der Waals surface area (Å²) < 4.78 is 12.9. The quantitative estimate of drug-likeness (QED) is 0.755. The molecule has 0 bridgehead atoms. The van der Waals surface area contributed by atoms with Crippen LogP contribution in [0.15, 0.2) is 61.2 Å². The molecule has 3 rings (SSSR count). The lowest BCUT2D eigenvalue weighted by Crippen LogP contribution is -2.14. The monoisotopic (exact) mass is 323 g/mol. The molecule has 0 radical (unpaired) electrons. The lowest BCUT2D eigenvalue weighted by molar-refractivity contribution is 0.102. The number of aromatic nitrogens is 3. The van der Waals surface area contributed by atoms with Crippen molar-refractivity contribution in [2.75, 3.05) is 10.6 Å². The molecule has 120 valence electrons. The van der Waals surface area contributed by atoms with E-state index in [0.717, 1.165) is 5.56 Å². The number of hydrogen-bond acceptors (Lipinski definition) is 5. The number of carbonyl (C=O) groups is 1. The van der Waals surface area contributed by atoms with Crippen LogP contribution in [0, 0.1) is 5.82 Å². The van der Waals surface area contributed by atoms with Gasteiger partial charge in [0.25, 0.3) is 5.91 Å². The van der Waals surface area contributed by atoms with Crippen LogP contribution in [0.3, 0.4) is 0 Å². The second-order valence-electron chi connectivity index (χ2n) is 4.96. The van der Waals surface area contributed by atoms with E-state index in [-0.39, 0.29) is 11.5 Å². The Bertz CT molecular complexity index is 824. The third-order valence-electron chi connectivity index (χ3n) is 3.20. The number of nitrogens with one attached hydrogen (secondary N) is 2. The third-order valence-corrected chi connectivity index (χ3v) is 3.20. The van der Waals surface area contributed by atoms with E-state index in [1.807, 2.05) is 12.1 Å². The van der Waals surface area contributed by atoms with Gasteiger partial charge in [-0.15, -0.1) is 0 Å². The molecule has 0 fully saturated rings. The molecule has 0 spiro atoms. The standard InChI is InChI=1S/C17H14FN5O/c18-13-3-5-14(6-4-13)23-17(24)15-8-16(22-11-21-15)20-10-12-2-1-7-19-9-12/h1-9,11H,10H2,(H,23,24)(H,20,21,22). The molecule has 0 aliphatic carbocycles. The van der Waals surface area contributed by atoms with Gasteiger partial charge >= 0.3 is 0 Å². The van der Waals surface area contributed by atoms with E-state index in [2.05, 4.69) is 25.6 Å². The highest BCUT2D eigenvalue weighted by Crippen LogP contribution is 2.11. The van der Waals surface area contributed by atoms with Crippen molar-refractivity contribution in [3.8, 4) is 0 Å². The average molecular weight is 323 g/mol. The van der Waals surface area contributed by atoms with Crippen LogP contribution in [-0.2, 0) is 6.54 Å². The topological polar surface area (TPSA) is 79.8 Å². The van der Waals surface area contributed by atoms with Crippen molar-refractivity contribution in [2.45, 2.75) is 6.54 Å². The highest BCUT2D eigenvalue weighted by Gasteiger charge is 2.09. The molecule has 0 aliphatic rings. The molecule has 0 saturated heterocycles. The van der Waals surface area contributed by atoms with E-state index in [1.165, 1.54) is 30.6 Å². The van der Waals surface area contributed by atoms with Crippen molar-refractivity contribution in [1.29, 1.82) is 0 Å². The van der Waals surface area contributed by atoms with Crippen LogP contribution >= 0.6 is 0 Å². The Kier molecular flexibility index (Phi) is 4.71. The van der Waals surface area contributed by atoms with E-state index in [1.54, 1.807) is 18.5 Å². The van der Waals surface area contributed by atoms with Crippen LogP contribution in [-0.4, -0.2) is 20.9 Å². The number of halogens is 1. The number of benzene rings is 1. The third kappa shape index (κ3) is 4.10. The smallest absolute Gasteiger partial charge is 0.274 e. The van der Waals surface area contributed by atoms with Crippen LogP contribution in [0.4, 0.5) is 15.9 Å².